The number of nitrogens with zero attached hydrogens (tertiary/aromatic N) is 1. The molecule has 106 valence electrons. The molecule has 0 bridgehead atoms. The lowest BCUT2D eigenvalue weighted by molar-refractivity contribution is 0.469. The fourth-order valence-electron chi connectivity index (χ4n) is 1.68. The molecule has 0 atom stereocenters. The van der Waals surface area contributed by atoms with Crippen LogP contribution in [0.5, 0.6) is 0 Å². The maximum Gasteiger partial charge on any atom is 0.243 e. The molecule has 0 fully saturated rings. The summed E-state index contributed by atoms with van der Waals surface area (Å²) >= 11 is 6.38. The lowest BCUT2D eigenvalue weighted by atomic mass is 10.2. The summed E-state index contributed by atoms with van der Waals surface area (Å²) < 4.78 is 26.1. The van der Waals surface area contributed by atoms with E-state index >= 15 is 0 Å². The highest BCUT2D eigenvalue weighted by atomic mass is 32.2. The topological polar surface area (TPSA) is 63.4 Å². The van der Waals surface area contributed by atoms with E-state index in [1.165, 1.54) is 27.8 Å². The average Bonchev–Trinajstić information content (AvgIpc) is 2.91. The first-order valence-electron chi connectivity index (χ1n) is 5.80. The Morgan fingerprint density at radius 1 is 1.30 bits per heavy atom. The van der Waals surface area contributed by atoms with Crippen LogP contribution in [-0.4, -0.2) is 24.8 Å². The number of thiophene rings is 1. The van der Waals surface area contributed by atoms with Gasteiger partial charge in [0.15, 0.2) is 0 Å². The number of sulfonamides is 1. The van der Waals surface area contributed by atoms with Crippen LogP contribution in [0.1, 0.15) is 10.4 Å². The number of thiocarbonyl (C=S) groups is 1. The summed E-state index contributed by atoms with van der Waals surface area (Å²) in [4.78, 5) is 1.48. The van der Waals surface area contributed by atoms with Gasteiger partial charge in [0, 0.05) is 24.0 Å². The molecule has 0 spiro atoms. The smallest absolute Gasteiger partial charge is 0.243 e. The molecule has 0 aliphatic rings. The predicted octanol–water partition coefficient (Wildman–Crippen LogP) is 2.20. The lowest BCUT2D eigenvalue weighted by Gasteiger charge is -2.16. The average molecular weight is 326 g/mol. The van der Waals surface area contributed by atoms with Gasteiger partial charge in [-0.3, -0.25) is 0 Å². The van der Waals surface area contributed by atoms with Crippen LogP contribution in [-0.2, 0) is 16.6 Å². The van der Waals surface area contributed by atoms with Gasteiger partial charge in [0.2, 0.25) is 10.0 Å². The zero-order valence-electron chi connectivity index (χ0n) is 10.8. The first-order valence-corrected chi connectivity index (χ1v) is 8.52. The summed E-state index contributed by atoms with van der Waals surface area (Å²) in [7, 11) is -1.94. The van der Waals surface area contributed by atoms with Crippen molar-refractivity contribution in [2.24, 2.45) is 5.73 Å². The molecule has 0 radical (unpaired) electrons. The molecule has 2 aromatic rings. The molecular weight excluding hydrogens is 312 g/mol. The molecule has 2 N–H and O–H groups in total. The van der Waals surface area contributed by atoms with E-state index in [0.29, 0.717) is 12.1 Å². The van der Waals surface area contributed by atoms with Crippen LogP contribution in [0, 0.1) is 0 Å². The van der Waals surface area contributed by atoms with Crippen molar-refractivity contribution in [2.75, 3.05) is 7.05 Å². The molecule has 20 heavy (non-hydrogen) atoms. The predicted molar refractivity (Wildman–Crippen MR) is 85.3 cm³/mol. The third-order valence-corrected chi connectivity index (χ3v) is 5.72. The quantitative estimate of drug-likeness (QED) is 0.856. The van der Waals surface area contributed by atoms with E-state index in [1.807, 2.05) is 17.5 Å². The van der Waals surface area contributed by atoms with Crippen LogP contribution in [0.3, 0.4) is 0 Å². The Labute approximate surface area is 127 Å². The highest BCUT2D eigenvalue weighted by molar-refractivity contribution is 7.89. The summed E-state index contributed by atoms with van der Waals surface area (Å²) in [5.74, 6) is 0. The third kappa shape index (κ3) is 3.24. The Bertz CT molecular complexity index is 692. The summed E-state index contributed by atoms with van der Waals surface area (Å²) in [6, 6.07) is 10.1. The van der Waals surface area contributed by atoms with Crippen molar-refractivity contribution >= 4 is 38.6 Å². The van der Waals surface area contributed by atoms with Gasteiger partial charge in [-0.25, -0.2) is 8.42 Å². The Morgan fingerprint density at radius 2 is 1.95 bits per heavy atom. The number of benzene rings is 1. The van der Waals surface area contributed by atoms with Crippen LogP contribution in [0.15, 0.2) is 46.7 Å². The zero-order valence-corrected chi connectivity index (χ0v) is 13.3. The molecule has 1 aromatic heterocycles. The van der Waals surface area contributed by atoms with Crippen molar-refractivity contribution in [3.8, 4) is 0 Å². The van der Waals surface area contributed by atoms with E-state index in [4.69, 9.17) is 18.0 Å². The molecule has 0 amide bonds. The van der Waals surface area contributed by atoms with Crippen molar-refractivity contribution < 1.29 is 8.42 Å². The zero-order chi connectivity index (χ0) is 14.8. The van der Waals surface area contributed by atoms with Gasteiger partial charge in [0.05, 0.1) is 4.90 Å². The van der Waals surface area contributed by atoms with E-state index < -0.39 is 10.0 Å². The summed E-state index contributed by atoms with van der Waals surface area (Å²) in [6.07, 6.45) is 0. The first-order chi connectivity index (χ1) is 9.41. The van der Waals surface area contributed by atoms with Crippen molar-refractivity contribution in [2.45, 2.75) is 11.4 Å². The molecule has 7 heteroatoms. The number of rotatable bonds is 5. The van der Waals surface area contributed by atoms with Gasteiger partial charge in [0.25, 0.3) is 0 Å². The number of nitrogens with two attached hydrogens (primary N) is 1. The van der Waals surface area contributed by atoms with Gasteiger partial charge in [-0.1, -0.05) is 30.4 Å². The van der Waals surface area contributed by atoms with Crippen LogP contribution in [0.2, 0.25) is 0 Å². The monoisotopic (exact) mass is 326 g/mol. The second-order valence-electron chi connectivity index (χ2n) is 4.23. The molecule has 0 aliphatic carbocycles. The molecule has 2 rings (SSSR count). The van der Waals surface area contributed by atoms with Gasteiger partial charge in [-0.15, -0.1) is 11.3 Å². The molecule has 0 unspecified atom stereocenters. The molecule has 1 aromatic carbocycles. The van der Waals surface area contributed by atoms with Gasteiger partial charge in [-0.05, 0) is 23.6 Å². The van der Waals surface area contributed by atoms with E-state index in [-0.39, 0.29) is 9.88 Å². The highest BCUT2D eigenvalue weighted by Gasteiger charge is 2.21. The van der Waals surface area contributed by atoms with Crippen molar-refractivity contribution in [3.05, 3.63) is 52.2 Å². The van der Waals surface area contributed by atoms with Gasteiger partial charge in [0.1, 0.15) is 4.99 Å². The van der Waals surface area contributed by atoms with E-state index in [0.717, 1.165) is 4.88 Å². The molecule has 4 nitrogen and oxygen atoms in total. The van der Waals surface area contributed by atoms with E-state index in [1.54, 1.807) is 19.2 Å². The van der Waals surface area contributed by atoms with Crippen LogP contribution >= 0.6 is 23.6 Å². The number of hydrogen-bond donors (Lipinski definition) is 1. The fraction of sp³-hybridized carbons (Fsp3) is 0.154. The molecule has 0 aliphatic heterocycles. The molecule has 1 heterocycles. The van der Waals surface area contributed by atoms with Crippen molar-refractivity contribution in [3.63, 3.8) is 0 Å². The fourth-order valence-corrected chi connectivity index (χ4v) is 3.80. The normalized spacial score (nSPS) is 11.7. The van der Waals surface area contributed by atoms with Gasteiger partial charge >= 0.3 is 0 Å². The standard InChI is InChI=1S/C13H14N2O2S3/c1-15(9-11-3-2-8-19-11)20(16,17)12-6-4-10(5-7-12)13(14)18/h2-8H,9H2,1H3,(H2,14,18). The maximum absolute atomic E-state index is 12.4. The number of hydrogen-bond acceptors (Lipinski definition) is 4. The summed E-state index contributed by atoms with van der Waals surface area (Å²) in [6.45, 7) is 0.358. The summed E-state index contributed by atoms with van der Waals surface area (Å²) in [5, 5.41) is 1.92. The summed E-state index contributed by atoms with van der Waals surface area (Å²) in [5.41, 5.74) is 6.15. The molecule has 0 saturated heterocycles. The highest BCUT2D eigenvalue weighted by Crippen LogP contribution is 2.19. The SMILES string of the molecule is CN(Cc1cccs1)S(=O)(=O)c1ccc(C(N)=S)cc1. The van der Waals surface area contributed by atoms with Crippen LogP contribution in [0.4, 0.5) is 0 Å². The Balaban J connectivity index is 2.23. The Morgan fingerprint density at radius 3 is 2.45 bits per heavy atom. The van der Waals surface area contributed by atoms with Crippen molar-refractivity contribution in [1.29, 1.82) is 0 Å². The maximum atomic E-state index is 12.4. The second kappa shape index (κ2) is 6.01. The Kier molecular flexibility index (Phi) is 4.54. The van der Waals surface area contributed by atoms with Gasteiger partial charge in [-0.2, -0.15) is 4.31 Å². The minimum Gasteiger partial charge on any atom is -0.389 e. The first kappa shape index (κ1) is 15.1. The van der Waals surface area contributed by atoms with E-state index in [9.17, 15) is 8.42 Å². The lowest BCUT2D eigenvalue weighted by Crippen LogP contribution is -2.26. The minimum absolute atomic E-state index is 0.233. The van der Waals surface area contributed by atoms with Crippen LogP contribution < -0.4 is 5.73 Å². The Hall–Kier alpha value is -1.28. The molecule has 0 saturated carbocycles. The molecular formula is C13H14N2O2S3. The van der Waals surface area contributed by atoms with Gasteiger partial charge < -0.3 is 5.73 Å². The minimum atomic E-state index is -3.50. The van der Waals surface area contributed by atoms with Crippen LogP contribution in [0.25, 0.3) is 0 Å². The van der Waals surface area contributed by atoms with Crippen molar-refractivity contribution in [1.82, 2.24) is 4.31 Å². The second-order valence-corrected chi connectivity index (χ2v) is 7.75. The third-order valence-electron chi connectivity index (χ3n) is 2.81. The van der Waals surface area contributed by atoms with E-state index in [2.05, 4.69) is 0 Å². The largest absolute Gasteiger partial charge is 0.389 e.